The van der Waals surface area contributed by atoms with Crippen molar-refractivity contribution in [3.8, 4) is 11.5 Å². The maximum absolute atomic E-state index is 12.9. The van der Waals surface area contributed by atoms with E-state index in [0.29, 0.717) is 5.75 Å². The van der Waals surface area contributed by atoms with Crippen molar-refractivity contribution in [3.63, 3.8) is 0 Å². The van der Waals surface area contributed by atoms with Gasteiger partial charge in [0, 0.05) is 11.8 Å². The van der Waals surface area contributed by atoms with Gasteiger partial charge in [-0.25, -0.2) is 8.42 Å². The third-order valence-corrected chi connectivity index (χ3v) is 5.40. The first-order chi connectivity index (χ1) is 13.9. The maximum Gasteiger partial charge on any atom is 0.416 e. The minimum atomic E-state index is -4.58. The summed E-state index contributed by atoms with van der Waals surface area (Å²) in [6.45, 7) is 1.31. The molecule has 0 fully saturated rings. The Bertz CT molecular complexity index is 1030. The zero-order valence-electron chi connectivity index (χ0n) is 16.6. The number of carbonyl (C=O) groups is 1. The lowest BCUT2D eigenvalue weighted by atomic mass is 10.2. The van der Waals surface area contributed by atoms with Crippen molar-refractivity contribution in [2.45, 2.75) is 19.1 Å². The lowest BCUT2D eigenvalue weighted by Gasteiger charge is -2.29. The fraction of sp³-hybridized carbons (Fsp3) is 0.316. The second-order valence-electron chi connectivity index (χ2n) is 6.34. The quantitative estimate of drug-likeness (QED) is 0.704. The molecule has 0 saturated heterocycles. The molecule has 164 valence electrons. The van der Waals surface area contributed by atoms with Crippen LogP contribution in [0.5, 0.6) is 11.5 Å². The van der Waals surface area contributed by atoms with Crippen LogP contribution in [0, 0.1) is 0 Å². The molecule has 0 aliphatic carbocycles. The molecule has 0 bridgehead atoms. The van der Waals surface area contributed by atoms with Gasteiger partial charge in [-0.05, 0) is 37.3 Å². The van der Waals surface area contributed by atoms with Gasteiger partial charge >= 0.3 is 6.18 Å². The van der Waals surface area contributed by atoms with Gasteiger partial charge in [0.1, 0.15) is 17.5 Å². The van der Waals surface area contributed by atoms with Gasteiger partial charge in [-0.15, -0.1) is 0 Å². The van der Waals surface area contributed by atoms with Gasteiger partial charge in [0.05, 0.1) is 31.7 Å². The molecular weight excluding hydrogens is 425 g/mol. The molecule has 2 rings (SSSR count). The van der Waals surface area contributed by atoms with Gasteiger partial charge in [-0.3, -0.25) is 9.10 Å². The summed E-state index contributed by atoms with van der Waals surface area (Å²) in [4.78, 5) is 12.7. The molecule has 0 saturated carbocycles. The molecule has 1 N–H and O–H groups in total. The monoisotopic (exact) mass is 446 g/mol. The Morgan fingerprint density at radius 3 is 2.30 bits per heavy atom. The molecule has 11 heteroatoms. The molecule has 0 aromatic heterocycles. The highest BCUT2D eigenvalue weighted by atomic mass is 32.2. The third-order valence-electron chi connectivity index (χ3n) is 4.17. The third kappa shape index (κ3) is 5.35. The van der Waals surface area contributed by atoms with Crippen LogP contribution in [0.4, 0.5) is 24.5 Å². The second-order valence-corrected chi connectivity index (χ2v) is 8.20. The van der Waals surface area contributed by atoms with Gasteiger partial charge in [0.2, 0.25) is 15.9 Å². The zero-order valence-corrected chi connectivity index (χ0v) is 17.5. The molecular formula is C19H21F3N2O5S. The van der Waals surface area contributed by atoms with Crippen LogP contribution in [0.1, 0.15) is 12.5 Å². The molecule has 0 unspecified atom stereocenters. The zero-order chi connectivity index (χ0) is 22.7. The van der Waals surface area contributed by atoms with E-state index in [1.807, 2.05) is 0 Å². The summed E-state index contributed by atoms with van der Waals surface area (Å²) in [5.74, 6) is -0.338. The number of nitrogens with zero attached hydrogens (tertiary/aromatic N) is 1. The Balaban J connectivity index is 2.42. The lowest BCUT2D eigenvalue weighted by molar-refractivity contribution is -0.137. The molecule has 0 spiro atoms. The van der Waals surface area contributed by atoms with Crippen molar-refractivity contribution in [1.29, 1.82) is 0 Å². The molecule has 0 aliphatic rings. The van der Waals surface area contributed by atoms with Gasteiger partial charge < -0.3 is 14.8 Å². The van der Waals surface area contributed by atoms with Crippen LogP contribution in [-0.4, -0.2) is 40.8 Å². The number of rotatable bonds is 7. The highest BCUT2D eigenvalue weighted by Gasteiger charge is 2.33. The van der Waals surface area contributed by atoms with Crippen LogP contribution in [0.25, 0.3) is 0 Å². The van der Waals surface area contributed by atoms with E-state index in [1.54, 1.807) is 6.07 Å². The normalized spacial score (nSPS) is 12.8. The summed E-state index contributed by atoms with van der Waals surface area (Å²) in [6, 6.07) is 7.15. The Hall–Kier alpha value is -2.95. The van der Waals surface area contributed by atoms with E-state index < -0.39 is 33.7 Å². The molecule has 0 aliphatic heterocycles. The number of hydrogen-bond acceptors (Lipinski definition) is 5. The number of amides is 1. The molecule has 2 aromatic carbocycles. The number of nitrogens with one attached hydrogen (secondary N) is 1. The summed E-state index contributed by atoms with van der Waals surface area (Å²) in [5.41, 5.74) is -1.01. The highest BCUT2D eigenvalue weighted by molar-refractivity contribution is 7.92. The van der Waals surface area contributed by atoms with Crippen LogP contribution in [0.2, 0.25) is 0 Å². The van der Waals surface area contributed by atoms with Crippen molar-refractivity contribution in [3.05, 3.63) is 48.0 Å². The number of methoxy groups -OCH3 is 2. The Kier molecular flexibility index (Phi) is 6.86. The largest absolute Gasteiger partial charge is 0.497 e. The van der Waals surface area contributed by atoms with Crippen molar-refractivity contribution < 1.29 is 35.9 Å². The summed E-state index contributed by atoms with van der Waals surface area (Å²) < 4.78 is 74.8. The summed E-state index contributed by atoms with van der Waals surface area (Å²) >= 11 is 0. The number of halogens is 3. The van der Waals surface area contributed by atoms with E-state index in [0.717, 1.165) is 28.8 Å². The molecule has 2 aromatic rings. The van der Waals surface area contributed by atoms with Crippen LogP contribution in [0.15, 0.2) is 42.5 Å². The second kappa shape index (κ2) is 8.82. The Morgan fingerprint density at radius 2 is 1.77 bits per heavy atom. The summed E-state index contributed by atoms with van der Waals surface area (Å²) in [5, 5.41) is 2.33. The van der Waals surface area contributed by atoms with Crippen LogP contribution >= 0.6 is 0 Å². The van der Waals surface area contributed by atoms with Crippen molar-refractivity contribution in [2.24, 2.45) is 0 Å². The van der Waals surface area contributed by atoms with E-state index in [4.69, 9.17) is 9.47 Å². The highest BCUT2D eigenvalue weighted by Crippen LogP contribution is 2.35. The number of ether oxygens (including phenoxy) is 2. The number of hydrogen-bond donors (Lipinski definition) is 1. The predicted octanol–water partition coefficient (Wildman–Crippen LogP) is 3.52. The van der Waals surface area contributed by atoms with Crippen LogP contribution in [0.3, 0.4) is 0 Å². The fourth-order valence-electron chi connectivity index (χ4n) is 2.77. The molecule has 1 atom stereocenters. The lowest BCUT2D eigenvalue weighted by Crippen LogP contribution is -2.45. The molecule has 0 radical (unpaired) electrons. The maximum atomic E-state index is 12.9. The Labute approximate surface area is 172 Å². The smallest absolute Gasteiger partial charge is 0.416 e. The topological polar surface area (TPSA) is 84.9 Å². The fourth-order valence-corrected chi connectivity index (χ4v) is 3.94. The predicted molar refractivity (Wildman–Crippen MR) is 106 cm³/mol. The Morgan fingerprint density at radius 1 is 1.10 bits per heavy atom. The average Bonchev–Trinajstić information content (AvgIpc) is 2.66. The molecule has 1 amide bonds. The number of sulfonamides is 1. The number of benzene rings is 2. The summed E-state index contributed by atoms with van der Waals surface area (Å²) in [7, 11) is -1.27. The van der Waals surface area contributed by atoms with E-state index in [9.17, 15) is 26.4 Å². The minimum absolute atomic E-state index is 0.0473. The van der Waals surface area contributed by atoms with E-state index in [2.05, 4.69) is 5.32 Å². The van der Waals surface area contributed by atoms with Crippen molar-refractivity contribution in [2.75, 3.05) is 30.1 Å². The molecule has 0 heterocycles. The minimum Gasteiger partial charge on any atom is -0.497 e. The van der Waals surface area contributed by atoms with Gasteiger partial charge in [-0.2, -0.15) is 13.2 Å². The van der Waals surface area contributed by atoms with Crippen LogP contribution < -0.4 is 19.1 Å². The first kappa shape index (κ1) is 23.3. The average molecular weight is 446 g/mol. The molecule has 30 heavy (non-hydrogen) atoms. The summed E-state index contributed by atoms with van der Waals surface area (Å²) in [6.07, 6.45) is -3.68. The van der Waals surface area contributed by atoms with Gasteiger partial charge in [-0.1, -0.05) is 6.07 Å². The van der Waals surface area contributed by atoms with Gasteiger partial charge in [0.15, 0.2) is 0 Å². The van der Waals surface area contributed by atoms with E-state index in [-0.39, 0.29) is 17.1 Å². The standard InChI is InChI=1S/C19H21F3N2O5S/c1-12(18(25)23-14-7-5-6-13(10-14)19(20,21)22)24(30(4,26)27)16-11-15(28-2)8-9-17(16)29-3/h5-12H,1-4H3,(H,23,25)/t12-/m0/s1. The van der Waals surface area contributed by atoms with Crippen molar-refractivity contribution >= 4 is 27.3 Å². The van der Waals surface area contributed by atoms with E-state index in [1.165, 1.54) is 39.3 Å². The van der Waals surface area contributed by atoms with E-state index >= 15 is 0 Å². The van der Waals surface area contributed by atoms with Gasteiger partial charge in [0.25, 0.3) is 0 Å². The first-order valence-electron chi connectivity index (χ1n) is 8.58. The number of anilines is 2. The van der Waals surface area contributed by atoms with Crippen molar-refractivity contribution in [1.82, 2.24) is 0 Å². The van der Waals surface area contributed by atoms with Crippen LogP contribution in [-0.2, 0) is 21.0 Å². The first-order valence-corrected chi connectivity index (χ1v) is 10.4. The number of carbonyl (C=O) groups excluding carboxylic acids is 1. The number of alkyl halides is 3. The molecule has 7 nitrogen and oxygen atoms in total. The SMILES string of the molecule is COc1ccc(OC)c(N([C@@H](C)C(=O)Nc2cccc(C(F)(F)F)c2)S(C)(=O)=O)c1.